The van der Waals surface area contributed by atoms with E-state index in [1.165, 1.54) is 11.8 Å². The molecule has 1 nitrogen and oxygen atoms in total. The molecule has 0 rings (SSSR count). The predicted octanol–water partition coefficient (Wildman–Crippen LogP) is 1.63. The van der Waals surface area contributed by atoms with Crippen LogP contribution in [0.2, 0.25) is 0 Å². The third-order valence-electron chi connectivity index (χ3n) is 0.554. The smallest absolute Gasteiger partial charge is 0.105 e. The average Bonchev–Trinajstić information content (AvgIpc) is 1.59. The van der Waals surface area contributed by atoms with Gasteiger partial charge in [0.25, 0.3) is 0 Å². The first-order valence-electron chi connectivity index (χ1n) is 2.53. The van der Waals surface area contributed by atoms with E-state index in [9.17, 15) is 0 Å². The molecular weight excluding hydrogens is 120 g/mol. The number of aliphatic hydroxyl groups is 1. The molecule has 0 heterocycles. The minimum atomic E-state index is -0.603. The Balaban J connectivity index is 3.24. The summed E-state index contributed by atoms with van der Waals surface area (Å²) in [4.78, 5) is -0.603. The summed E-state index contributed by atoms with van der Waals surface area (Å²) in [6, 6.07) is 0. The summed E-state index contributed by atoms with van der Waals surface area (Å²) in [6.45, 7) is 7.06. The van der Waals surface area contributed by atoms with Gasteiger partial charge in [-0.2, -0.15) is 0 Å². The fourth-order valence-corrected chi connectivity index (χ4v) is 0.789. The first-order chi connectivity index (χ1) is 3.56. The van der Waals surface area contributed by atoms with Crippen LogP contribution in [0.4, 0.5) is 0 Å². The van der Waals surface area contributed by atoms with E-state index in [1.54, 1.807) is 19.9 Å². The van der Waals surface area contributed by atoms with E-state index >= 15 is 0 Å². The van der Waals surface area contributed by atoms with Gasteiger partial charge in [-0.05, 0) is 13.8 Å². The Labute approximate surface area is 54.8 Å². The van der Waals surface area contributed by atoms with Gasteiger partial charge in [0.05, 0.1) is 0 Å². The second-order valence-corrected chi connectivity index (χ2v) is 3.67. The maximum absolute atomic E-state index is 9.06. The van der Waals surface area contributed by atoms with Gasteiger partial charge in [-0.3, -0.25) is 0 Å². The SMILES string of the molecule is C=CCSC(C)(C)O. The molecule has 0 aliphatic heterocycles. The maximum Gasteiger partial charge on any atom is 0.105 e. The minimum absolute atomic E-state index is 0.603. The monoisotopic (exact) mass is 132 g/mol. The Morgan fingerprint density at radius 3 is 2.38 bits per heavy atom. The molecule has 0 radical (unpaired) electrons. The Morgan fingerprint density at radius 2 is 2.25 bits per heavy atom. The van der Waals surface area contributed by atoms with Crippen LogP contribution >= 0.6 is 11.8 Å². The van der Waals surface area contributed by atoms with Crippen molar-refractivity contribution in [1.82, 2.24) is 0 Å². The molecule has 0 saturated heterocycles. The molecule has 0 aliphatic rings. The van der Waals surface area contributed by atoms with Gasteiger partial charge in [-0.15, -0.1) is 18.3 Å². The molecule has 0 bridgehead atoms. The number of hydrogen-bond donors (Lipinski definition) is 1. The summed E-state index contributed by atoms with van der Waals surface area (Å²) < 4.78 is 0. The third kappa shape index (κ3) is 6.05. The van der Waals surface area contributed by atoms with Crippen LogP contribution in [-0.2, 0) is 0 Å². The Kier molecular flexibility index (Phi) is 3.17. The normalized spacial score (nSPS) is 11.4. The summed E-state index contributed by atoms with van der Waals surface area (Å²) in [5.74, 6) is 0.809. The van der Waals surface area contributed by atoms with Crippen molar-refractivity contribution in [3.63, 3.8) is 0 Å². The second-order valence-electron chi connectivity index (χ2n) is 2.05. The van der Waals surface area contributed by atoms with Gasteiger partial charge in [-0.25, -0.2) is 0 Å². The molecule has 8 heavy (non-hydrogen) atoms. The molecule has 0 aliphatic carbocycles. The molecule has 2 heteroatoms. The first-order valence-corrected chi connectivity index (χ1v) is 3.52. The van der Waals surface area contributed by atoms with Gasteiger partial charge in [-0.1, -0.05) is 6.08 Å². The van der Waals surface area contributed by atoms with Crippen molar-refractivity contribution in [1.29, 1.82) is 0 Å². The Bertz CT molecular complexity index is 73.1. The van der Waals surface area contributed by atoms with Crippen molar-refractivity contribution in [3.8, 4) is 0 Å². The summed E-state index contributed by atoms with van der Waals surface area (Å²) in [5.41, 5.74) is 0. The van der Waals surface area contributed by atoms with Crippen molar-refractivity contribution < 1.29 is 5.11 Å². The Morgan fingerprint density at radius 1 is 1.75 bits per heavy atom. The fraction of sp³-hybridized carbons (Fsp3) is 0.667. The highest BCUT2D eigenvalue weighted by Gasteiger charge is 2.09. The number of rotatable bonds is 3. The van der Waals surface area contributed by atoms with E-state index in [4.69, 9.17) is 5.11 Å². The van der Waals surface area contributed by atoms with E-state index in [0.29, 0.717) is 0 Å². The summed E-state index contributed by atoms with van der Waals surface area (Å²) in [6.07, 6.45) is 1.78. The standard InChI is InChI=1S/C6H12OS/c1-4-5-8-6(2,3)7/h4,7H,1,5H2,2-3H3. The molecule has 1 N–H and O–H groups in total. The van der Waals surface area contributed by atoms with Crippen molar-refractivity contribution in [2.45, 2.75) is 18.8 Å². The predicted molar refractivity (Wildman–Crippen MR) is 39.0 cm³/mol. The lowest BCUT2D eigenvalue weighted by molar-refractivity contribution is 0.179. The maximum atomic E-state index is 9.06. The minimum Gasteiger partial charge on any atom is -0.380 e. The van der Waals surface area contributed by atoms with Crippen LogP contribution in [-0.4, -0.2) is 15.8 Å². The molecule has 0 atom stereocenters. The van der Waals surface area contributed by atoms with Crippen molar-refractivity contribution in [3.05, 3.63) is 12.7 Å². The summed E-state index contributed by atoms with van der Waals surface area (Å²) >= 11 is 1.47. The first kappa shape index (κ1) is 8.05. The van der Waals surface area contributed by atoms with E-state index in [1.807, 2.05) is 0 Å². The van der Waals surface area contributed by atoms with Gasteiger partial charge in [0.1, 0.15) is 4.93 Å². The van der Waals surface area contributed by atoms with Gasteiger partial charge in [0, 0.05) is 5.75 Å². The van der Waals surface area contributed by atoms with Crippen LogP contribution in [0.5, 0.6) is 0 Å². The highest BCUT2D eigenvalue weighted by atomic mass is 32.2. The zero-order valence-electron chi connectivity index (χ0n) is 5.35. The third-order valence-corrected chi connectivity index (χ3v) is 1.66. The molecule has 0 saturated carbocycles. The molecule has 0 fully saturated rings. The zero-order chi connectivity index (χ0) is 6.62. The average molecular weight is 132 g/mol. The van der Waals surface area contributed by atoms with Crippen LogP contribution < -0.4 is 0 Å². The van der Waals surface area contributed by atoms with Crippen LogP contribution in [0.25, 0.3) is 0 Å². The van der Waals surface area contributed by atoms with Gasteiger partial charge in [0.15, 0.2) is 0 Å². The molecule has 0 spiro atoms. The highest BCUT2D eigenvalue weighted by molar-refractivity contribution is 8.00. The van der Waals surface area contributed by atoms with Gasteiger partial charge >= 0.3 is 0 Å². The number of thioether (sulfide) groups is 1. The molecule has 0 amide bonds. The van der Waals surface area contributed by atoms with Crippen molar-refractivity contribution in [2.24, 2.45) is 0 Å². The summed E-state index contributed by atoms with van der Waals surface area (Å²) in [5, 5.41) is 9.06. The van der Waals surface area contributed by atoms with E-state index in [0.717, 1.165) is 5.75 Å². The van der Waals surface area contributed by atoms with Crippen LogP contribution in [0.3, 0.4) is 0 Å². The largest absolute Gasteiger partial charge is 0.380 e. The van der Waals surface area contributed by atoms with Crippen molar-refractivity contribution >= 4 is 11.8 Å². The van der Waals surface area contributed by atoms with E-state index in [-0.39, 0.29) is 0 Å². The molecular formula is C6H12OS. The van der Waals surface area contributed by atoms with Gasteiger partial charge < -0.3 is 5.11 Å². The van der Waals surface area contributed by atoms with Crippen LogP contribution in [0.15, 0.2) is 12.7 Å². The number of hydrogen-bond acceptors (Lipinski definition) is 2. The molecule has 0 unspecified atom stereocenters. The zero-order valence-corrected chi connectivity index (χ0v) is 6.16. The summed E-state index contributed by atoms with van der Waals surface area (Å²) in [7, 11) is 0. The van der Waals surface area contributed by atoms with Crippen LogP contribution in [0.1, 0.15) is 13.8 Å². The lowest BCUT2D eigenvalue weighted by Crippen LogP contribution is -2.12. The highest BCUT2D eigenvalue weighted by Crippen LogP contribution is 2.19. The molecule has 0 aromatic carbocycles. The van der Waals surface area contributed by atoms with E-state index in [2.05, 4.69) is 6.58 Å². The second kappa shape index (κ2) is 3.15. The topological polar surface area (TPSA) is 20.2 Å². The molecule has 0 aromatic rings. The Hall–Kier alpha value is 0.0500. The molecule has 0 aromatic heterocycles. The quantitative estimate of drug-likeness (QED) is 0.465. The lowest BCUT2D eigenvalue weighted by atomic mass is 10.5. The van der Waals surface area contributed by atoms with Gasteiger partial charge in [0.2, 0.25) is 0 Å². The molecule has 48 valence electrons. The fourth-order valence-electron chi connectivity index (χ4n) is 0.263. The van der Waals surface area contributed by atoms with E-state index < -0.39 is 4.93 Å². The van der Waals surface area contributed by atoms with Crippen molar-refractivity contribution in [2.75, 3.05) is 5.75 Å². The van der Waals surface area contributed by atoms with Crippen LogP contribution in [0, 0.1) is 0 Å². The lowest BCUT2D eigenvalue weighted by Gasteiger charge is -2.13.